The number of benzene rings is 1. The second kappa shape index (κ2) is 4.82. The van der Waals surface area contributed by atoms with Crippen molar-refractivity contribution in [3.63, 3.8) is 0 Å². The number of nitrogens with zero attached hydrogens (tertiary/aromatic N) is 1. The Hall–Kier alpha value is -1.02. The highest BCUT2D eigenvalue weighted by atomic mass is 15.1. The summed E-state index contributed by atoms with van der Waals surface area (Å²) in [5, 5.41) is 3.57. The van der Waals surface area contributed by atoms with Crippen molar-refractivity contribution in [2.45, 2.75) is 31.6 Å². The molecule has 1 aliphatic heterocycles. The van der Waals surface area contributed by atoms with Gasteiger partial charge < -0.3 is 10.2 Å². The molecule has 2 nitrogen and oxygen atoms in total. The lowest BCUT2D eigenvalue weighted by atomic mass is 10.0. The second-order valence-electron chi connectivity index (χ2n) is 6.77. The molecule has 2 saturated carbocycles. The van der Waals surface area contributed by atoms with E-state index in [1.165, 1.54) is 51.0 Å². The van der Waals surface area contributed by atoms with Crippen molar-refractivity contribution in [2.75, 3.05) is 31.5 Å². The average Bonchev–Trinajstić information content (AvgIpc) is 3.33. The van der Waals surface area contributed by atoms with E-state index < -0.39 is 0 Å². The SMILES string of the molecule is c1ccc2c(c1)NCC2CN(CC1CC1)CC1CC1. The first-order valence-corrected chi connectivity index (χ1v) is 7.93. The van der Waals surface area contributed by atoms with Gasteiger partial charge in [0.25, 0.3) is 0 Å². The van der Waals surface area contributed by atoms with Crippen LogP contribution in [0.3, 0.4) is 0 Å². The van der Waals surface area contributed by atoms with E-state index in [1.54, 1.807) is 5.56 Å². The third-order valence-corrected chi connectivity index (χ3v) is 4.84. The molecule has 1 aromatic carbocycles. The highest BCUT2D eigenvalue weighted by molar-refractivity contribution is 5.57. The van der Waals surface area contributed by atoms with Gasteiger partial charge in [0, 0.05) is 37.8 Å². The first-order valence-electron chi connectivity index (χ1n) is 7.93. The summed E-state index contributed by atoms with van der Waals surface area (Å²) in [7, 11) is 0. The minimum Gasteiger partial charge on any atom is -0.384 e. The maximum absolute atomic E-state index is 3.57. The molecule has 0 spiro atoms. The van der Waals surface area contributed by atoms with E-state index in [9.17, 15) is 0 Å². The predicted molar refractivity (Wildman–Crippen MR) is 79.6 cm³/mol. The molecule has 2 aliphatic carbocycles. The van der Waals surface area contributed by atoms with Crippen molar-refractivity contribution >= 4 is 5.69 Å². The van der Waals surface area contributed by atoms with Gasteiger partial charge >= 0.3 is 0 Å². The van der Waals surface area contributed by atoms with Gasteiger partial charge in [-0.15, -0.1) is 0 Å². The summed E-state index contributed by atoms with van der Waals surface area (Å²) in [6, 6.07) is 8.86. The van der Waals surface area contributed by atoms with Crippen molar-refractivity contribution < 1.29 is 0 Å². The molecule has 1 heterocycles. The van der Waals surface area contributed by atoms with E-state index in [1.807, 2.05) is 0 Å². The molecule has 0 aromatic heterocycles. The molecule has 1 atom stereocenters. The van der Waals surface area contributed by atoms with Crippen molar-refractivity contribution in [3.8, 4) is 0 Å². The maximum Gasteiger partial charge on any atom is 0.0376 e. The predicted octanol–water partition coefficient (Wildman–Crippen LogP) is 3.32. The molecule has 1 N–H and O–H groups in total. The van der Waals surface area contributed by atoms with Gasteiger partial charge in [-0.25, -0.2) is 0 Å². The van der Waals surface area contributed by atoms with Gasteiger partial charge in [0.2, 0.25) is 0 Å². The summed E-state index contributed by atoms with van der Waals surface area (Å²) in [6.07, 6.45) is 5.89. The average molecular weight is 256 g/mol. The van der Waals surface area contributed by atoms with Gasteiger partial charge in [-0.1, -0.05) is 18.2 Å². The van der Waals surface area contributed by atoms with Crippen molar-refractivity contribution in [2.24, 2.45) is 11.8 Å². The summed E-state index contributed by atoms with van der Waals surface area (Å²) in [5.41, 5.74) is 2.91. The van der Waals surface area contributed by atoms with Crippen LogP contribution in [0.2, 0.25) is 0 Å². The summed E-state index contributed by atoms with van der Waals surface area (Å²) in [6.45, 7) is 5.10. The Bertz CT molecular complexity index is 434. The standard InChI is InChI=1S/C17H24N2/c1-2-4-17-16(3-1)15(9-18-17)12-19(10-13-5-6-13)11-14-7-8-14/h1-4,13-15,18H,5-12H2. The Balaban J connectivity index is 1.43. The maximum atomic E-state index is 3.57. The molecule has 3 aliphatic rings. The first-order chi connectivity index (χ1) is 9.38. The Morgan fingerprint density at radius 1 is 0.947 bits per heavy atom. The zero-order valence-corrected chi connectivity index (χ0v) is 11.6. The Labute approximate surface area is 116 Å². The fourth-order valence-corrected chi connectivity index (χ4v) is 3.39. The number of hydrogen-bond donors (Lipinski definition) is 1. The summed E-state index contributed by atoms with van der Waals surface area (Å²) in [4.78, 5) is 2.77. The second-order valence-corrected chi connectivity index (χ2v) is 6.77. The number of hydrogen-bond acceptors (Lipinski definition) is 2. The van der Waals surface area contributed by atoms with Crippen LogP contribution in [-0.2, 0) is 0 Å². The van der Waals surface area contributed by atoms with E-state index in [-0.39, 0.29) is 0 Å². The number of rotatable bonds is 6. The molecule has 1 aromatic rings. The highest BCUT2D eigenvalue weighted by Crippen LogP contribution is 2.36. The van der Waals surface area contributed by atoms with Gasteiger partial charge in [-0.2, -0.15) is 0 Å². The summed E-state index contributed by atoms with van der Waals surface area (Å²) >= 11 is 0. The van der Waals surface area contributed by atoms with E-state index in [0.717, 1.165) is 18.4 Å². The molecule has 0 amide bonds. The Morgan fingerprint density at radius 2 is 1.63 bits per heavy atom. The minimum absolute atomic E-state index is 0.702. The third-order valence-electron chi connectivity index (χ3n) is 4.84. The van der Waals surface area contributed by atoms with E-state index >= 15 is 0 Å². The monoisotopic (exact) mass is 256 g/mol. The molecule has 2 fully saturated rings. The molecule has 19 heavy (non-hydrogen) atoms. The lowest BCUT2D eigenvalue weighted by molar-refractivity contribution is 0.241. The number of anilines is 1. The van der Waals surface area contributed by atoms with Crippen LogP contribution in [0.25, 0.3) is 0 Å². The number of fused-ring (bicyclic) bond motifs is 1. The normalized spacial score (nSPS) is 25.4. The van der Waals surface area contributed by atoms with Crippen LogP contribution in [0.1, 0.15) is 37.2 Å². The van der Waals surface area contributed by atoms with Crippen molar-refractivity contribution in [1.82, 2.24) is 4.90 Å². The zero-order valence-electron chi connectivity index (χ0n) is 11.6. The van der Waals surface area contributed by atoms with Crippen LogP contribution in [0.5, 0.6) is 0 Å². The molecular weight excluding hydrogens is 232 g/mol. The topological polar surface area (TPSA) is 15.3 Å². The minimum atomic E-state index is 0.702. The van der Waals surface area contributed by atoms with Gasteiger partial charge in [0.05, 0.1) is 0 Å². The number of para-hydroxylation sites is 1. The van der Waals surface area contributed by atoms with E-state index in [0.29, 0.717) is 5.92 Å². The zero-order chi connectivity index (χ0) is 12.7. The van der Waals surface area contributed by atoms with Crippen LogP contribution >= 0.6 is 0 Å². The van der Waals surface area contributed by atoms with Crippen LogP contribution in [0.4, 0.5) is 5.69 Å². The van der Waals surface area contributed by atoms with Crippen molar-refractivity contribution in [1.29, 1.82) is 0 Å². The smallest absolute Gasteiger partial charge is 0.0376 e. The quantitative estimate of drug-likeness (QED) is 0.840. The van der Waals surface area contributed by atoms with Crippen LogP contribution in [0, 0.1) is 11.8 Å². The van der Waals surface area contributed by atoms with Gasteiger partial charge in [-0.3, -0.25) is 0 Å². The van der Waals surface area contributed by atoms with E-state index in [4.69, 9.17) is 0 Å². The highest BCUT2D eigenvalue weighted by Gasteiger charge is 2.31. The molecule has 0 radical (unpaired) electrons. The van der Waals surface area contributed by atoms with E-state index in [2.05, 4.69) is 34.5 Å². The molecular formula is C17H24N2. The first kappa shape index (κ1) is 11.8. The molecule has 102 valence electrons. The van der Waals surface area contributed by atoms with Crippen LogP contribution in [-0.4, -0.2) is 31.1 Å². The fourth-order valence-electron chi connectivity index (χ4n) is 3.39. The summed E-state index contributed by atoms with van der Waals surface area (Å²) < 4.78 is 0. The molecule has 2 heteroatoms. The molecule has 0 bridgehead atoms. The lowest BCUT2D eigenvalue weighted by Crippen LogP contribution is -2.33. The van der Waals surface area contributed by atoms with Gasteiger partial charge in [0.1, 0.15) is 0 Å². The largest absolute Gasteiger partial charge is 0.384 e. The summed E-state index contributed by atoms with van der Waals surface area (Å²) in [5.74, 6) is 2.74. The molecule has 1 unspecified atom stereocenters. The van der Waals surface area contributed by atoms with Crippen LogP contribution in [0.15, 0.2) is 24.3 Å². The Morgan fingerprint density at radius 3 is 2.32 bits per heavy atom. The Kier molecular flexibility index (Phi) is 2.99. The molecule has 4 rings (SSSR count). The van der Waals surface area contributed by atoms with Crippen LogP contribution < -0.4 is 5.32 Å². The fraction of sp³-hybridized carbons (Fsp3) is 0.647. The number of nitrogens with one attached hydrogen (secondary N) is 1. The third kappa shape index (κ3) is 2.79. The lowest BCUT2D eigenvalue weighted by Gasteiger charge is -2.25. The van der Waals surface area contributed by atoms with Gasteiger partial charge in [0.15, 0.2) is 0 Å². The van der Waals surface area contributed by atoms with Gasteiger partial charge in [-0.05, 0) is 49.1 Å². The van der Waals surface area contributed by atoms with Crippen molar-refractivity contribution in [3.05, 3.63) is 29.8 Å². The molecule has 0 saturated heterocycles.